The summed E-state index contributed by atoms with van der Waals surface area (Å²) in [4.78, 5) is 9.56. The number of benzene rings is 4. The highest BCUT2D eigenvalue weighted by Crippen LogP contribution is 2.46. The Kier molecular flexibility index (Phi) is 3.14. The van der Waals surface area contributed by atoms with Gasteiger partial charge in [0.2, 0.25) is 0 Å². The molecule has 2 aliphatic rings. The van der Waals surface area contributed by atoms with E-state index in [1.54, 1.807) is 0 Å². The Bertz CT molecular complexity index is 2060. The molecule has 3 aromatic heterocycles. The molecule has 0 spiro atoms. The van der Waals surface area contributed by atoms with Crippen molar-refractivity contribution < 1.29 is 0 Å². The molecule has 0 amide bonds. The van der Waals surface area contributed by atoms with Crippen LogP contribution in [0.5, 0.6) is 0 Å². The van der Waals surface area contributed by atoms with Gasteiger partial charge >= 0.3 is 0 Å². The fraction of sp³-hybridized carbons (Fsp3) is 0.0625. The molecule has 3 heterocycles. The van der Waals surface area contributed by atoms with Crippen molar-refractivity contribution >= 4 is 38.4 Å². The van der Waals surface area contributed by atoms with E-state index in [-0.39, 0.29) is 0 Å². The van der Waals surface area contributed by atoms with Gasteiger partial charge in [0.25, 0.3) is 0 Å². The summed E-state index contributed by atoms with van der Waals surface area (Å²) >= 11 is 0. The number of aromatic nitrogens is 3. The summed E-state index contributed by atoms with van der Waals surface area (Å²) in [5.74, 6) is 0. The smallest absolute Gasteiger partial charge is 0.146 e. The molecule has 0 aliphatic heterocycles. The molecule has 3 nitrogen and oxygen atoms in total. The molecular formula is C32H19N3. The molecule has 0 fully saturated rings. The van der Waals surface area contributed by atoms with E-state index >= 15 is 0 Å². The minimum atomic E-state index is 0.976. The van der Waals surface area contributed by atoms with Gasteiger partial charge in [-0.15, -0.1) is 0 Å². The Labute approximate surface area is 201 Å². The zero-order valence-electron chi connectivity index (χ0n) is 18.9. The van der Waals surface area contributed by atoms with Crippen molar-refractivity contribution in [3.05, 3.63) is 114 Å². The summed E-state index contributed by atoms with van der Waals surface area (Å²) in [5, 5.41) is 3.69. The van der Waals surface area contributed by atoms with Gasteiger partial charge in [-0.2, -0.15) is 0 Å². The topological polar surface area (TPSA) is 30.2 Å². The summed E-state index contributed by atoms with van der Waals surface area (Å²) in [6, 6.07) is 29.1. The van der Waals surface area contributed by atoms with E-state index in [0.29, 0.717) is 0 Å². The molecule has 35 heavy (non-hydrogen) atoms. The first-order chi connectivity index (χ1) is 17.3. The Balaban J connectivity index is 1.37. The summed E-state index contributed by atoms with van der Waals surface area (Å²) in [6.45, 7) is 0. The summed E-state index contributed by atoms with van der Waals surface area (Å²) in [5.41, 5.74) is 15.5. The third-order valence-corrected chi connectivity index (χ3v) is 8.06. The average Bonchev–Trinajstić information content (AvgIpc) is 3.57. The summed E-state index contributed by atoms with van der Waals surface area (Å²) in [7, 11) is 0. The molecule has 9 rings (SSSR count). The molecule has 0 atom stereocenters. The molecule has 162 valence electrons. The van der Waals surface area contributed by atoms with Crippen molar-refractivity contribution in [2.45, 2.75) is 12.8 Å². The maximum atomic E-state index is 5.10. The lowest BCUT2D eigenvalue weighted by Crippen LogP contribution is -1.93. The van der Waals surface area contributed by atoms with E-state index in [0.717, 1.165) is 35.0 Å². The predicted octanol–water partition coefficient (Wildman–Crippen LogP) is 7.33. The van der Waals surface area contributed by atoms with Crippen molar-refractivity contribution in [1.82, 2.24) is 14.4 Å². The molecule has 0 N–H and O–H groups in total. The van der Waals surface area contributed by atoms with E-state index in [2.05, 4.69) is 88.2 Å². The van der Waals surface area contributed by atoms with Crippen LogP contribution in [0.4, 0.5) is 0 Å². The van der Waals surface area contributed by atoms with E-state index in [9.17, 15) is 0 Å². The van der Waals surface area contributed by atoms with E-state index < -0.39 is 0 Å². The van der Waals surface area contributed by atoms with Crippen molar-refractivity contribution in [2.75, 3.05) is 0 Å². The second kappa shape index (κ2) is 6.13. The quantitative estimate of drug-likeness (QED) is 0.229. The molecule has 3 heteroatoms. The van der Waals surface area contributed by atoms with E-state index in [1.165, 1.54) is 60.7 Å². The lowest BCUT2D eigenvalue weighted by molar-refractivity contribution is 1.24. The number of imidazole rings is 1. The van der Waals surface area contributed by atoms with Gasteiger partial charge in [0, 0.05) is 17.0 Å². The van der Waals surface area contributed by atoms with Gasteiger partial charge in [-0.3, -0.25) is 9.38 Å². The Hall–Kier alpha value is -4.50. The number of pyridine rings is 2. The largest absolute Gasteiger partial charge is 0.290 e. The first-order valence-electron chi connectivity index (χ1n) is 12.2. The van der Waals surface area contributed by atoms with Gasteiger partial charge in [-0.25, -0.2) is 4.98 Å². The molecule has 0 saturated heterocycles. The lowest BCUT2D eigenvalue weighted by Gasteiger charge is -2.11. The third kappa shape index (κ3) is 2.21. The molecular weight excluding hydrogens is 426 g/mol. The highest BCUT2D eigenvalue weighted by Gasteiger charge is 2.26. The zero-order chi connectivity index (χ0) is 22.7. The minimum Gasteiger partial charge on any atom is -0.290 e. The molecule has 2 aliphatic carbocycles. The van der Waals surface area contributed by atoms with Gasteiger partial charge in [-0.1, -0.05) is 36.4 Å². The maximum absolute atomic E-state index is 5.10. The second-order valence-electron chi connectivity index (χ2n) is 9.88. The standard InChI is InChI=1S/C32H19N3/c1-2-6-22-18(5-1)11-19-14-25-20(13-24(19)22)12-21-15-27-23-9-10-33-17-31(23)35-30-8-4-3-7-29(30)34-32(35)28(27)16-26(21)25/h1-10,13-17H,11-12H2. The zero-order valence-corrected chi connectivity index (χ0v) is 18.9. The van der Waals surface area contributed by atoms with Crippen LogP contribution >= 0.6 is 0 Å². The maximum Gasteiger partial charge on any atom is 0.146 e. The van der Waals surface area contributed by atoms with Gasteiger partial charge in [0.1, 0.15) is 5.65 Å². The normalized spacial score (nSPS) is 13.5. The first kappa shape index (κ1) is 17.9. The van der Waals surface area contributed by atoms with Crippen molar-refractivity contribution in [1.29, 1.82) is 0 Å². The second-order valence-corrected chi connectivity index (χ2v) is 9.88. The molecule has 0 saturated carbocycles. The van der Waals surface area contributed by atoms with Crippen LogP contribution in [-0.2, 0) is 12.8 Å². The number of rotatable bonds is 0. The first-order valence-corrected chi connectivity index (χ1v) is 12.2. The third-order valence-electron chi connectivity index (χ3n) is 8.06. The molecule has 0 unspecified atom stereocenters. The number of fused-ring (bicyclic) bond motifs is 14. The van der Waals surface area contributed by atoms with Crippen LogP contribution in [0.3, 0.4) is 0 Å². The van der Waals surface area contributed by atoms with Crippen LogP contribution in [-0.4, -0.2) is 14.4 Å². The van der Waals surface area contributed by atoms with Gasteiger partial charge in [0.05, 0.1) is 22.7 Å². The molecule has 0 radical (unpaired) electrons. The van der Waals surface area contributed by atoms with Crippen LogP contribution in [0.15, 0.2) is 91.3 Å². The number of para-hydroxylation sites is 2. The predicted molar refractivity (Wildman–Crippen MR) is 142 cm³/mol. The highest BCUT2D eigenvalue weighted by molar-refractivity contribution is 6.15. The minimum absolute atomic E-state index is 0.976. The lowest BCUT2D eigenvalue weighted by atomic mass is 9.96. The van der Waals surface area contributed by atoms with Gasteiger partial charge < -0.3 is 0 Å². The highest BCUT2D eigenvalue weighted by atomic mass is 15.0. The number of nitrogens with zero attached hydrogens (tertiary/aromatic N) is 3. The average molecular weight is 446 g/mol. The van der Waals surface area contributed by atoms with E-state index in [1.807, 2.05) is 12.4 Å². The Morgan fingerprint density at radius 3 is 2.26 bits per heavy atom. The number of hydrogen-bond acceptors (Lipinski definition) is 2. The molecule has 7 aromatic rings. The molecule has 0 bridgehead atoms. The molecule has 4 aromatic carbocycles. The summed E-state index contributed by atoms with van der Waals surface area (Å²) < 4.78 is 2.28. The van der Waals surface area contributed by atoms with Gasteiger partial charge in [-0.05, 0) is 105 Å². The summed E-state index contributed by atoms with van der Waals surface area (Å²) in [6.07, 6.45) is 5.87. The van der Waals surface area contributed by atoms with E-state index in [4.69, 9.17) is 4.98 Å². The van der Waals surface area contributed by atoms with Crippen LogP contribution in [0.2, 0.25) is 0 Å². The Morgan fingerprint density at radius 2 is 1.31 bits per heavy atom. The monoisotopic (exact) mass is 445 g/mol. The fourth-order valence-corrected chi connectivity index (χ4v) is 6.52. The van der Waals surface area contributed by atoms with Crippen molar-refractivity contribution in [2.24, 2.45) is 0 Å². The van der Waals surface area contributed by atoms with Crippen molar-refractivity contribution in [3.63, 3.8) is 0 Å². The SMILES string of the molecule is c1ccc2c(c1)Cc1cc3c(cc1-2)Cc1cc2c4ccncc4n4c5ccccc5nc4c2cc1-3. The van der Waals surface area contributed by atoms with Crippen LogP contribution in [0.1, 0.15) is 22.3 Å². The van der Waals surface area contributed by atoms with Crippen LogP contribution in [0, 0.1) is 0 Å². The Morgan fingerprint density at radius 1 is 0.571 bits per heavy atom. The van der Waals surface area contributed by atoms with Crippen LogP contribution < -0.4 is 0 Å². The fourth-order valence-electron chi connectivity index (χ4n) is 6.52. The van der Waals surface area contributed by atoms with Crippen LogP contribution in [0.25, 0.3) is 60.6 Å². The number of hydrogen-bond donors (Lipinski definition) is 0. The van der Waals surface area contributed by atoms with Gasteiger partial charge in [0.15, 0.2) is 0 Å². The van der Waals surface area contributed by atoms with Crippen molar-refractivity contribution in [3.8, 4) is 22.3 Å².